The van der Waals surface area contributed by atoms with Gasteiger partial charge in [0.1, 0.15) is 11.9 Å². The zero-order valence-electron chi connectivity index (χ0n) is 26.1. The number of aliphatic hydroxyl groups is 1. The van der Waals surface area contributed by atoms with E-state index >= 15 is 0 Å². The van der Waals surface area contributed by atoms with Crippen LogP contribution < -0.4 is 16.0 Å². The van der Waals surface area contributed by atoms with Crippen molar-refractivity contribution in [3.8, 4) is 0 Å². The van der Waals surface area contributed by atoms with Crippen molar-refractivity contribution in [3.63, 3.8) is 0 Å². The fourth-order valence-electron chi connectivity index (χ4n) is 5.50. The molecule has 5 N–H and O–H groups in total. The van der Waals surface area contributed by atoms with Crippen molar-refractivity contribution in [1.82, 2.24) is 30.8 Å². The van der Waals surface area contributed by atoms with Crippen LogP contribution in [0.25, 0.3) is 10.8 Å². The number of H-pyrrole nitrogens is 1. The number of aromatic amines is 1. The summed E-state index contributed by atoms with van der Waals surface area (Å²) in [5, 5.41) is 21.2. The van der Waals surface area contributed by atoms with E-state index in [1.807, 2.05) is 43.3 Å². The zero-order valence-corrected chi connectivity index (χ0v) is 26.1. The highest BCUT2D eigenvalue weighted by Gasteiger charge is 2.24. The molecule has 0 saturated carbocycles. The molecular weight excluding hydrogens is 552 g/mol. The molecular formula is C35H46N6O3. The molecule has 0 aliphatic heterocycles. The maximum atomic E-state index is 13.7. The van der Waals surface area contributed by atoms with E-state index in [1.54, 1.807) is 24.5 Å². The van der Waals surface area contributed by atoms with E-state index in [-0.39, 0.29) is 24.5 Å². The molecule has 2 amide bonds. The molecule has 0 aliphatic carbocycles. The zero-order chi connectivity index (χ0) is 31.3. The lowest BCUT2D eigenvalue weighted by Gasteiger charge is -2.26. The molecule has 1 heterocycles. The second-order valence-electron chi connectivity index (χ2n) is 11.7. The number of amides is 2. The lowest BCUT2D eigenvalue weighted by molar-refractivity contribution is -0.123. The third kappa shape index (κ3) is 9.74. The van der Waals surface area contributed by atoms with E-state index in [9.17, 15) is 14.7 Å². The summed E-state index contributed by atoms with van der Waals surface area (Å²) < 4.78 is 0. The highest BCUT2D eigenvalue weighted by atomic mass is 16.3. The van der Waals surface area contributed by atoms with Crippen LogP contribution in [0.4, 0.5) is 0 Å². The number of carbonyl (C=O) groups excluding carboxylic acids is 2. The summed E-state index contributed by atoms with van der Waals surface area (Å²) in [4.78, 5) is 36.5. The van der Waals surface area contributed by atoms with Crippen LogP contribution in [0.1, 0.15) is 67.0 Å². The van der Waals surface area contributed by atoms with Crippen LogP contribution in [0, 0.1) is 5.92 Å². The number of fused-ring (bicyclic) bond motifs is 1. The van der Waals surface area contributed by atoms with Gasteiger partial charge in [-0.05, 0) is 66.3 Å². The Kier molecular flexibility index (Phi) is 12.5. The molecule has 44 heavy (non-hydrogen) atoms. The third-order valence-corrected chi connectivity index (χ3v) is 7.67. The Morgan fingerprint density at radius 3 is 2.43 bits per heavy atom. The predicted octanol–water partition coefficient (Wildman–Crippen LogP) is 4.56. The second-order valence-corrected chi connectivity index (χ2v) is 11.7. The van der Waals surface area contributed by atoms with Gasteiger partial charge in [0.2, 0.25) is 5.91 Å². The smallest absolute Gasteiger partial charge is 0.251 e. The van der Waals surface area contributed by atoms with Crippen LogP contribution in [0.5, 0.6) is 0 Å². The highest BCUT2D eigenvalue weighted by molar-refractivity contribution is 5.97. The number of carbonyl (C=O) groups is 2. The minimum atomic E-state index is -0.704. The van der Waals surface area contributed by atoms with Gasteiger partial charge < -0.3 is 30.9 Å². The SMILES string of the molecule is CC(C)CN(CCO)CCC[C@H](NC(=O)c1ccc(CNCc2ncc[nH]2)cc1)C(=O)N[C@@H](C)c1cccc2ccccc12. The summed E-state index contributed by atoms with van der Waals surface area (Å²) in [5.74, 6) is 0.830. The molecule has 0 bridgehead atoms. The molecule has 0 radical (unpaired) electrons. The number of nitrogens with zero attached hydrogens (tertiary/aromatic N) is 2. The molecule has 3 aromatic carbocycles. The molecule has 0 fully saturated rings. The minimum absolute atomic E-state index is 0.0876. The molecule has 234 valence electrons. The molecule has 2 atom stereocenters. The Hall–Kier alpha value is -4.05. The van der Waals surface area contributed by atoms with Crippen LogP contribution in [-0.4, -0.2) is 64.1 Å². The average Bonchev–Trinajstić information content (AvgIpc) is 3.54. The molecule has 4 aromatic rings. The van der Waals surface area contributed by atoms with Gasteiger partial charge in [0, 0.05) is 37.6 Å². The number of rotatable bonds is 17. The van der Waals surface area contributed by atoms with Crippen molar-refractivity contribution in [2.45, 2.75) is 58.8 Å². The van der Waals surface area contributed by atoms with Crippen LogP contribution in [0.15, 0.2) is 79.1 Å². The summed E-state index contributed by atoms with van der Waals surface area (Å²) in [7, 11) is 0. The fraction of sp³-hybridized carbons (Fsp3) is 0.400. The third-order valence-electron chi connectivity index (χ3n) is 7.67. The Balaban J connectivity index is 1.41. The Bertz CT molecular complexity index is 1450. The van der Waals surface area contributed by atoms with Crippen molar-refractivity contribution < 1.29 is 14.7 Å². The van der Waals surface area contributed by atoms with Crippen LogP contribution in [-0.2, 0) is 17.9 Å². The largest absolute Gasteiger partial charge is 0.395 e. The minimum Gasteiger partial charge on any atom is -0.395 e. The van der Waals surface area contributed by atoms with Crippen molar-refractivity contribution in [3.05, 3.63) is 102 Å². The summed E-state index contributed by atoms with van der Waals surface area (Å²) >= 11 is 0. The lowest BCUT2D eigenvalue weighted by Crippen LogP contribution is -2.47. The summed E-state index contributed by atoms with van der Waals surface area (Å²) in [6.45, 7) is 9.80. The maximum Gasteiger partial charge on any atom is 0.251 e. The van der Waals surface area contributed by atoms with Gasteiger partial charge in [-0.15, -0.1) is 0 Å². The molecule has 0 saturated heterocycles. The van der Waals surface area contributed by atoms with E-state index in [0.29, 0.717) is 44.0 Å². The summed E-state index contributed by atoms with van der Waals surface area (Å²) in [5.41, 5.74) is 2.57. The molecule has 4 rings (SSSR count). The van der Waals surface area contributed by atoms with E-state index < -0.39 is 6.04 Å². The highest BCUT2D eigenvalue weighted by Crippen LogP contribution is 2.24. The van der Waals surface area contributed by atoms with Crippen molar-refractivity contribution >= 4 is 22.6 Å². The van der Waals surface area contributed by atoms with Gasteiger partial charge in [0.05, 0.1) is 19.2 Å². The topological polar surface area (TPSA) is 122 Å². The standard InChI is InChI=1S/C35H46N6O3/c1-25(2)24-41(20-21-42)19-7-12-32(35(44)39-26(3)30-11-6-9-28-8-4-5-10-31(28)30)40-34(43)29-15-13-27(14-16-29)22-36-23-33-37-17-18-38-33/h4-6,8-11,13-18,25-26,32,36,42H,7,12,19-24H2,1-3H3,(H,37,38)(H,39,44)(H,40,43)/t26-,32-/m0/s1. The van der Waals surface area contributed by atoms with Crippen molar-refractivity contribution in [2.75, 3.05) is 26.2 Å². The number of nitrogens with one attached hydrogen (secondary N) is 4. The predicted molar refractivity (Wildman–Crippen MR) is 175 cm³/mol. The van der Waals surface area contributed by atoms with E-state index in [0.717, 1.165) is 40.8 Å². The first-order chi connectivity index (χ1) is 21.3. The Morgan fingerprint density at radius 2 is 1.70 bits per heavy atom. The van der Waals surface area contributed by atoms with Gasteiger partial charge in [0.25, 0.3) is 5.91 Å². The van der Waals surface area contributed by atoms with E-state index in [2.05, 4.69) is 62.9 Å². The number of hydrogen-bond acceptors (Lipinski definition) is 6. The molecule has 0 unspecified atom stereocenters. The van der Waals surface area contributed by atoms with Crippen LogP contribution >= 0.6 is 0 Å². The number of hydrogen-bond donors (Lipinski definition) is 5. The van der Waals surface area contributed by atoms with Crippen LogP contribution in [0.3, 0.4) is 0 Å². The number of aliphatic hydroxyl groups excluding tert-OH is 1. The quantitative estimate of drug-likeness (QED) is 0.122. The summed E-state index contributed by atoms with van der Waals surface area (Å²) in [6, 6.07) is 20.7. The molecule has 9 nitrogen and oxygen atoms in total. The average molecular weight is 599 g/mol. The van der Waals surface area contributed by atoms with E-state index in [4.69, 9.17) is 0 Å². The summed E-state index contributed by atoms with van der Waals surface area (Å²) in [6.07, 6.45) is 4.70. The first-order valence-electron chi connectivity index (χ1n) is 15.5. The van der Waals surface area contributed by atoms with E-state index in [1.165, 1.54) is 0 Å². The van der Waals surface area contributed by atoms with Crippen molar-refractivity contribution in [2.24, 2.45) is 5.92 Å². The van der Waals surface area contributed by atoms with Gasteiger partial charge in [-0.25, -0.2) is 4.98 Å². The van der Waals surface area contributed by atoms with Gasteiger partial charge in [-0.2, -0.15) is 0 Å². The monoisotopic (exact) mass is 598 g/mol. The lowest BCUT2D eigenvalue weighted by atomic mass is 9.99. The first-order valence-corrected chi connectivity index (χ1v) is 15.5. The fourth-order valence-corrected chi connectivity index (χ4v) is 5.50. The second kappa shape index (κ2) is 16.7. The maximum absolute atomic E-state index is 13.7. The molecule has 1 aromatic heterocycles. The normalized spacial score (nSPS) is 12.9. The molecule has 0 aliphatic rings. The molecule has 0 spiro atoms. The Labute approximate surface area is 260 Å². The number of imidazole rings is 1. The van der Waals surface area contributed by atoms with Gasteiger partial charge >= 0.3 is 0 Å². The number of benzene rings is 3. The number of aromatic nitrogens is 2. The first kappa shape index (κ1) is 32.9. The Morgan fingerprint density at radius 1 is 0.932 bits per heavy atom. The van der Waals surface area contributed by atoms with Crippen molar-refractivity contribution in [1.29, 1.82) is 0 Å². The van der Waals surface area contributed by atoms with Gasteiger partial charge in [0.15, 0.2) is 0 Å². The van der Waals surface area contributed by atoms with Gasteiger partial charge in [-0.3, -0.25) is 9.59 Å². The van der Waals surface area contributed by atoms with Crippen LogP contribution in [0.2, 0.25) is 0 Å². The molecule has 9 heteroatoms. The van der Waals surface area contributed by atoms with Gasteiger partial charge in [-0.1, -0.05) is 68.4 Å².